The van der Waals surface area contributed by atoms with Crippen molar-refractivity contribution < 1.29 is 27.8 Å². The highest BCUT2D eigenvalue weighted by Gasteiger charge is 2.51. The monoisotopic (exact) mass is 408 g/mol. The Hall–Kier alpha value is -2.22. The Bertz CT molecular complexity index is 742. The number of nitrogens with zero attached hydrogens (tertiary/aromatic N) is 2. The van der Waals surface area contributed by atoms with Gasteiger partial charge in [-0.25, -0.2) is 0 Å². The van der Waals surface area contributed by atoms with Gasteiger partial charge in [-0.05, 0) is 63.0 Å². The maximum absolute atomic E-state index is 12.7. The van der Waals surface area contributed by atoms with Gasteiger partial charge < -0.3 is 14.4 Å². The molecule has 3 fully saturated rings. The summed E-state index contributed by atoms with van der Waals surface area (Å²) >= 11 is 0. The minimum Gasteiger partial charge on any atom is -0.461 e. The summed E-state index contributed by atoms with van der Waals surface area (Å²) < 4.78 is 34.5. The van der Waals surface area contributed by atoms with Crippen molar-refractivity contribution in [3.05, 3.63) is 29.8 Å². The summed E-state index contributed by atoms with van der Waals surface area (Å²) in [7, 11) is 0. The van der Waals surface area contributed by atoms with Crippen molar-refractivity contribution in [3.63, 3.8) is 0 Å². The molecule has 3 heterocycles. The second-order valence-electron chi connectivity index (χ2n) is 8.21. The van der Waals surface area contributed by atoms with E-state index in [-0.39, 0.29) is 23.7 Å². The van der Waals surface area contributed by atoms with E-state index >= 15 is 0 Å². The third kappa shape index (κ3) is 4.37. The number of carbonyl (C=O) groups excluding carboxylic acids is 2. The van der Waals surface area contributed by atoms with Crippen LogP contribution in [0.1, 0.15) is 42.5 Å². The molecule has 1 amide bonds. The number of hydrogen-bond donors (Lipinski definition) is 0. The van der Waals surface area contributed by atoms with Gasteiger partial charge in [0.05, 0.1) is 5.41 Å². The second-order valence-corrected chi connectivity index (χ2v) is 8.21. The van der Waals surface area contributed by atoms with E-state index in [0.717, 1.165) is 26.1 Å². The van der Waals surface area contributed by atoms with Gasteiger partial charge in [-0.1, -0.05) is 0 Å². The number of likely N-dealkylation sites (tertiary alicyclic amines) is 2. The first kappa shape index (κ1) is 20.1. The number of rotatable bonds is 5. The number of alkyl halides is 2. The third-order valence-electron chi connectivity index (χ3n) is 6.32. The molecule has 6 nitrogen and oxygen atoms in total. The van der Waals surface area contributed by atoms with Crippen LogP contribution in [0.3, 0.4) is 0 Å². The summed E-state index contributed by atoms with van der Waals surface area (Å²) in [5, 5.41) is 0. The molecule has 0 radical (unpaired) electrons. The number of cyclic esters (lactones) is 1. The van der Waals surface area contributed by atoms with E-state index in [9.17, 15) is 18.4 Å². The van der Waals surface area contributed by atoms with Crippen LogP contribution in [0, 0.1) is 5.41 Å². The van der Waals surface area contributed by atoms with E-state index < -0.39 is 12.0 Å². The molecule has 158 valence electrons. The minimum atomic E-state index is -2.89. The van der Waals surface area contributed by atoms with E-state index in [4.69, 9.17) is 4.74 Å². The number of hydrogen-bond acceptors (Lipinski definition) is 5. The molecule has 0 bridgehead atoms. The van der Waals surface area contributed by atoms with Crippen LogP contribution in [0.5, 0.6) is 5.75 Å². The molecule has 1 spiro atoms. The largest absolute Gasteiger partial charge is 0.461 e. The first-order valence-corrected chi connectivity index (χ1v) is 10.2. The predicted molar refractivity (Wildman–Crippen MR) is 101 cm³/mol. The molecule has 0 saturated carbocycles. The Morgan fingerprint density at radius 1 is 1.14 bits per heavy atom. The van der Waals surface area contributed by atoms with Crippen LogP contribution in [-0.4, -0.2) is 67.1 Å². The molecule has 0 aromatic heterocycles. The zero-order chi connectivity index (χ0) is 20.4. The van der Waals surface area contributed by atoms with Crippen LogP contribution in [0.2, 0.25) is 0 Å². The summed E-state index contributed by atoms with van der Waals surface area (Å²) in [6, 6.07) is 5.70. The number of amides is 1. The summed E-state index contributed by atoms with van der Waals surface area (Å²) in [5.41, 5.74) is -0.0562. The highest BCUT2D eigenvalue weighted by atomic mass is 19.3. The highest BCUT2D eigenvalue weighted by Crippen LogP contribution is 2.43. The minimum absolute atomic E-state index is 0.0203. The van der Waals surface area contributed by atoms with Gasteiger partial charge in [-0.2, -0.15) is 8.78 Å². The third-order valence-corrected chi connectivity index (χ3v) is 6.32. The Morgan fingerprint density at radius 2 is 1.79 bits per heavy atom. The van der Waals surface area contributed by atoms with Gasteiger partial charge in [0, 0.05) is 31.6 Å². The lowest BCUT2D eigenvalue weighted by atomic mass is 9.76. The van der Waals surface area contributed by atoms with Gasteiger partial charge in [0.1, 0.15) is 11.9 Å². The second kappa shape index (κ2) is 8.26. The smallest absolute Gasteiger partial charge is 0.387 e. The van der Waals surface area contributed by atoms with Gasteiger partial charge in [-0.3, -0.25) is 14.5 Å². The van der Waals surface area contributed by atoms with E-state index in [0.29, 0.717) is 31.5 Å². The highest BCUT2D eigenvalue weighted by molar-refractivity contribution is 5.94. The Morgan fingerprint density at radius 3 is 2.41 bits per heavy atom. The SMILES string of the molecule is O=C(c1ccc(OC(F)F)cc1)N1CCC2(CC1)CC(CN1CCCC1)OC2=O. The molecule has 0 N–H and O–H groups in total. The Labute approximate surface area is 168 Å². The average Bonchev–Trinajstić information content (AvgIpc) is 3.31. The number of ether oxygens (including phenoxy) is 2. The molecule has 3 saturated heterocycles. The van der Waals surface area contributed by atoms with Gasteiger partial charge in [0.25, 0.3) is 5.91 Å². The summed E-state index contributed by atoms with van der Waals surface area (Å²) in [5.74, 6) is -0.266. The number of piperidine rings is 1. The first-order valence-electron chi connectivity index (χ1n) is 10.2. The van der Waals surface area contributed by atoms with E-state index in [1.165, 1.54) is 37.1 Å². The summed E-state index contributed by atoms with van der Waals surface area (Å²) in [4.78, 5) is 29.4. The topological polar surface area (TPSA) is 59.1 Å². The maximum Gasteiger partial charge on any atom is 0.387 e. The van der Waals surface area contributed by atoms with E-state index in [2.05, 4.69) is 9.64 Å². The fourth-order valence-electron chi connectivity index (χ4n) is 4.70. The molecule has 8 heteroatoms. The summed E-state index contributed by atoms with van der Waals surface area (Å²) in [6.07, 6.45) is 4.28. The van der Waals surface area contributed by atoms with Crippen LogP contribution in [0.4, 0.5) is 8.78 Å². The lowest BCUT2D eigenvalue weighted by molar-refractivity contribution is -0.151. The maximum atomic E-state index is 12.7. The van der Waals surface area contributed by atoms with E-state index in [1.54, 1.807) is 4.90 Å². The predicted octanol–water partition coefficient (Wildman–Crippen LogP) is 2.92. The van der Waals surface area contributed by atoms with Crippen LogP contribution in [0.15, 0.2) is 24.3 Å². The number of esters is 1. The zero-order valence-electron chi connectivity index (χ0n) is 16.3. The van der Waals surface area contributed by atoms with Gasteiger partial charge >= 0.3 is 12.6 Å². The number of benzene rings is 1. The first-order chi connectivity index (χ1) is 13.9. The van der Waals surface area contributed by atoms with Crippen LogP contribution in [-0.2, 0) is 9.53 Å². The lowest BCUT2D eigenvalue weighted by Gasteiger charge is -2.36. The Kier molecular flexibility index (Phi) is 5.72. The molecular formula is C21H26F2N2O4. The molecule has 4 rings (SSSR count). The van der Waals surface area contributed by atoms with Crippen molar-refractivity contribution in [2.45, 2.75) is 44.8 Å². The average molecular weight is 408 g/mol. The van der Waals surface area contributed by atoms with Gasteiger partial charge in [0.15, 0.2) is 0 Å². The van der Waals surface area contributed by atoms with E-state index in [1.807, 2.05) is 0 Å². The van der Waals surface area contributed by atoms with Crippen LogP contribution < -0.4 is 4.74 Å². The van der Waals surface area contributed by atoms with Crippen molar-refractivity contribution in [1.82, 2.24) is 9.80 Å². The number of halogens is 2. The molecular weight excluding hydrogens is 382 g/mol. The molecule has 3 aliphatic rings. The molecule has 1 aromatic rings. The molecule has 1 atom stereocenters. The zero-order valence-corrected chi connectivity index (χ0v) is 16.3. The van der Waals surface area contributed by atoms with Crippen molar-refractivity contribution >= 4 is 11.9 Å². The van der Waals surface area contributed by atoms with Crippen LogP contribution in [0.25, 0.3) is 0 Å². The quantitative estimate of drug-likeness (QED) is 0.702. The van der Waals surface area contributed by atoms with Crippen molar-refractivity contribution in [2.24, 2.45) is 5.41 Å². The normalized spacial score (nSPS) is 24.3. The standard InChI is InChI=1S/C21H26F2N2O4/c22-20(23)29-16-5-3-15(4-6-16)18(26)25-11-7-21(8-12-25)13-17(28-19(21)27)14-24-9-1-2-10-24/h3-6,17,20H,1-2,7-14H2. The fraction of sp³-hybridized carbons (Fsp3) is 0.619. The van der Waals surface area contributed by atoms with Crippen molar-refractivity contribution in [1.29, 1.82) is 0 Å². The molecule has 1 aromatic carbocycles. The fourth-order valence-corrected chi connectivity index (χ4v) is 4.70. The number of carbonyl (C=O) groups is 2. The van der Waals surface area contributed by atoms with Crippen molar-refractivity contribution in [3.8, 4) is 5.75 Å². The van der Waals surface area contributed by atoms with Crippen LogP contribution >= 0.6 is 0 Å². The van der Waals surface area contributed by atoms with Crippen molar-refractivity contribution in [2.75, 3.05) is 32.7 Å². The lowest BCUT2D eigenvalue weighted by Crippen LogP contribution is -2.45. The van der Waals surface area contributed by atoms with Gasteiger partial charge in [0.2, 0.25) is 0 Å². The van der Waals surface area contributed by atoms with Gasteiger partial charge in [-0.15, -0.1) is 0 Å². The Balaban J connectivity index is 1.32. The molecule has 3 aliphatic heterocycles. The molecule has 0 aliphatic carbocycles. The summed E-state index contributed by atoms with van der Waals surface area (Å²) in [6.45, 7) is 1.03. The molecule has 29 heavy (non-hydrogen) atoms. The molecule has 1 unspecified atom stereocenters.